The fourth-order valence-electron chi connectivity index (χ4n) is 3.53. The van der Waals surface area contributed by atoms with Gasteiger partial charge in [0.25, 0.3) is 0 Å². The van der Waals surface area contributed by atoms with E-state index in [4.69, 9.17) is 23.4 Å². The summed E-state index contributed by atoms with van der Waals surface area (Å²) in [5.41, 5.74) is 0. The highest BCUT2D eigenvalue weighted by Crippen LogP contribution is 2.37. The lowest BCUT2D eigenvalue weighted by molar-refractivity contribution is -0.313. The van der Waals surface area contributed by atoms with Gasteiger partial charge >= 0.3 is 0 Å². The number of hydrogen-bond donors (Lipinski definition) is 0. The van der Waals surface area contributed by atoms with Crippen LogP contribution in [0.2, 0.25) is 18.1 Å². The van der Waals surface area contributed by atoms with Gasteiger partial charge in [0.15, 0.2) is 14.1 Å². The lowest BCUT2D eigenvalue weighted by Crippen LogP contribution is -2.50. The van der Waals surface area contributed by atoms with Gasteiger partial charge < -0.3 is 23.4 Å². The molecule has 2 saturated heterocycles. The molecule has 0 aromatic rings. The van der Waals surface area contributed by atoms with Crippen LogP contribution in [-0.2, 0) is 23.4 Å². The van der Waals surface area contributed by atoms with E-state index in [0.717, 1.165) is 32.3 Å². The zero-order valence-corrected chi connectivity index (χ0v) is 20.1. The van der Waals surface area contributed by atoms with Crippen molar-refractivity contribution in [2.24, 2.45) is 0 Å². The van der Waals surface area contributed by atoms with Crippen molar-refractivity contribution in [3.63, 3.8) is 0 Å². The van der Waals surface area contributed by atoms with Crippen LogP contribution in [0.4, 0.5) is 0 Å². The summed E-state index contributed by atoms with van der Waals surface area (Å²) in [6.45, 7) is 21.0. The Morgan fingerprint density at radius 2 is 1.89 bits per heavy atom. The van der Waals surface area contributed by atoms with E-state index >= 15 is 0 Å². The summed E-state index contributed by atoms with van der Waals surface area (Å²) in [5.74, 6) is -0.543. The Morgan fingerprint density at radius 1 is 1.18 bits per heavy atom. The maximum absolute atomic E-state index is 6.46. The van der Waals surface area contributed by atoms with Crippen molar-refractivity contribution in [1.82, 2.24) is 0 Å². The molecule has 0 N–H and O–H groups in total. The first-order valence-electron chi connectivity index (χ1n) is 10.8. The minimum absolute atomic E-state index is 0.0309. The highest BCUT2D eigenvalue weighted by Gasteiger charge is 2.42. The average Bonchev–Trinajstić information content (AvgIpc) is 2.74. The van der Waals surface area contributed by atoms with E-state index in [9.17, 15) is 0 Å². The standard InChI is InChI=1S/C22H42O5Si/c1-9-14-23-17-12-13-19-20(16-24-22(5,6)27-19)26-18(17)11-10-15-25-28(7,8)21(2,3)4/h9,17-20H,1,10-16H2,2-8H3/t17-,18+,19+,20-/m1/s1. The zero-order chi connectivity index (χ0) is 21.0. The predicted octanol–water partition coefficient (Wildman–Crippen LogP) is 5.06. The van der Waals surface area contributed by atoms with E-state index in [0.29, 0.717) is 13.2 Å². The number of rotatable bonds is 8. The fraction of sp³-hybridized carbons (Fsp3) is 0.909. The summed E-state index contributed by atoms with van der Waals surface area (Å²) in [4.78, 5) is 0. The molecule has 0 aliphatic carbocycles. The second kappa shape index (κ2) is 9.71. The van der Waals surface area contributed by atoms with Crippen molar-refractivity contribution >= 4 is 8.32 Å². The van der Waals surface area contributed by atoms with Gasteiger partial charge in [-0.3, -0.25) is 0 Å². The molecule has 2 aliphatic rings. The maximum Gasteiger partial charge on any atom is 0.191 e. The Bertz CT molecular complexity index is 500. The summed E-state index contributed by atoms with van der Waals surface area (Å²) in [7, 11) is -1.71. The van der Waals surface area contributed by atoms with Crippen molar-refractivity contribution in [3.8, 4) is 0 Å². The van der Waals surface area contributed by atoms with Gasteiger partial charge in [-0.1, -0.05) is 26.8 Å². The van der Waals surface area contributed by atoms with Crippen LogP contribution in [0.5, 0.6) is 0 Å². The van der Waals surface area contributed by atoms with E-state index in [1.807, 2.05) is 13.8 Å². The molecule has 2 aliphatic heterocycles. The van der Waals surface area contributed by atoms with Crippen LogP contribution in [0.3, 0.4) is 0 Å². The molecule has 0 spiro atoms. The van der Waals surface area contributed by atoms with Gasteiger partial charge in [0.1, 0.15) is 6.10 Å². The van der Waals surface area contributed by atoms with Gasteiger partial charge in [-0.2, -0.15) is 0 Å². The van der Waals surface area contributed by atoms with Crippen LogP contribution < -0.4 is 0 Å². The average molecular weight is 415 g/mol. The Labute approximate surface area is 173 Å². The van der Waals surface area contributed by atoms with Crippen molar-refractivity contribution < 1.29 is 23.4 Å². The minimum atomic E-state index is -1.71. The molecule has 164 valence electrons. The third-order valence-corrected chi connectivity index (χ3v) is 10.8. The fourth-order valence-corrected chi connectivity index (χ4v) is 4.62. The molecule has 0 unspecified atom stereocenters. The van der Waals surface area contributed by atoms with Crippen LogP contribution in [0.15, 0.2) is 12.7 Å². The highest BCUT2D eigenvalue weighted by molar-refractivity contribution is 6.74. The number of hydrogen-bond acceptors (Lipinski definition) is 5. The first-order valence-corrected chi connectivity index (χ1v) is 13.7. The van der Waals surface area contributed by atoms with Crippen molar-refractivity contribution in [2.75, 3.05) is 19.8 Å². The summed E-state index contributed by atoms with van der Waals surface area (Å²) in [5, 5.41) is 0.234. The molecule has 2 rings (SSSR count). The van der Waals surface area contributed by atoms with Gasteiger partial charge in [-0.15, -0.1) is 6.58 Å². The molecule has 5 nitrogen and oxygen atoms in total. The lowest BCUT2D eigenvalue weighted by atomic mass is 10.0. The quantitative estimate of drug-likeness (QED) is 0.316. The third kappa shape index (κ3) is 6.64. The van der Waals surface area contributed by atoms with E-state index in [-0.39, 0.29) is 29.5 Å². The van der Waals surface area contributed by atoms with Gasteiger partial charge in [-0.25, -0.2) is 0 Å². The van der Waals surface area contributed by atoms with Gasteiger partial charge in [-0.05, 0) is 57.7 Å². The maximum atomic E-state index is 6.46. The van der Waals surface area contributed by atoms with Crippen molar-refractivity contribution in [1.29, 1.82) is 0 Å². The summed E-state index contributed by atoms with van der Waals surface area (Å²) in [6, 6.07) is 0. The van der Waals surface area contributed by atoms with Gasteiger partial charge in [0.2, 0.25) is 0 Å². The topological polar surface area (TPSA) is 46.2 Å². The van der Waals surface area contributed by atoms with Crippen LogP contribution >= 0.6 is 0 Å². The zero-order valence-electron chi connectivity index (χ0n) is 19.1. The summed E-state index contributed by atoms with van der Waals surface area (Å²) >= 11 is 0. The van der Waals surface area contributed by atoms with Gasteiger partial charge in [0, 0.05) is 6.61 Å². The van der Waals surface area contributed by atoms with Crippen molar-refractivity contribution in [2.45, 2.75) is 109 Å². The SMILES string of the molecule is C=CCO[C@@H]1CC[C@@H]2OC(C)(C)OC[C@H]2O[C@H]1CCCO[Si](C)(C)C(C)(C)C. The third-order valence-electron chi connectivity index (χ3n) is 6.28. The van der Waals surface area contributed by atoms with E-state index in [2.05, 4.69) is 40.4 Å². The minimum Gasteiger partial charge on any atom is -0.417 e. The smallest absolute Gasteiger partial charge is 0.191 e. The van der Waals surface area contributed by atoms with E-state index in [1.165, 1.54) is 0 Å². The number of fused-ring (bicyclic) bond motifs is 1. The molecule has 0 aromatic carbocycles. The van der Waals surface area contributed by atoms with Crippen LogP contribution in [0, 0.1) is 0 Å². The number of ether oxygens (including phenoxy) is 4. The molecule has 0 amide bonds. The molecule has 0 aromatic heterocycles. The summed E-state index contributed by atoms with van der Waals surface area (Å²) < 4.78 is 30.8. The van der Waals surface area contributed by atoms with E-state index < -0.39 is 14.1 Å². The molecule has 0 bridgehead atoms. The summed E-state index contributed by atoms with van der Waals surface area (Å²) in [6.07, 6.45) is 5.67. The molecular weight excluding hydrogens is 372 g/mol. The highest BCUT2D eigenvalue weighted by atomic mass is 28.4. The van der Waals surface area contributed by atoms with Crippen LogP contribution in [0.25, 0.3) is 0 Å². The first kappa shape index (κ1) is 24.0. The molecule has 2 heterocycles. The second-order valence-electron chi connectivity index (χ2n) is 10.1. The molecule has 6 heteroatoms. The predicted molar refractivity (Wildman–Crippen MR) is 115 cm³/mol. The Hall–Kier alpha value is -0.243. The van der Waals surface area contributed by atoms with E-state index in [1.54, 1.807) is 6.08 Å². The van der Waals surface area contributed by atoms with Crippen molar-refractivity contribution in [3.05, 3.63) is 12.7 Å². The molecule has 28 heavy (non-hydrogen) atoms. The Kier molecular flexibility index (Phi) is 8.33. The molecule has 2 fully saturated rings. The molecule has 0 saturated carbocycles. The largest absolute Gasteiger partial charge is 0.417 e. The molecular formula is C22H42O5Si. The Balaban J connectivity index is 1.93. The van der Waals surface area contributed by atoms with Crippen LogP contribution in [0.1, 0.15) is 60.3 Å². The normalized spacial score (nSPS) is 31.1. The second-order valence-corrected chi connectivity index (χ2v) is 14.9. The van der Waals surface area contributed by atoms with Crippen LogP contribution in [-0.4, -0.2) is 58.3 Å². The Morgan fingerprint density at radius 3 is 2.54 bits per heavy atom. The monoisotopic (exact) mass is 414 g/mol. The van der Waals surface area contributed by atoms with Gasteiger partial charge in [0.05, 0.1) is 31.5 Å². The molecule has 0 radical (unpaired) electrons. The lowest BCUT2D eigenvalue weighted by Gasteiger charge is -2.40. The first-order chi connectivity index (χ1) is 13.0. The molecule has 4 atom stereocenters.